The number of rotatable bonds is 1. The van der Waals surface area contributed by atoms with Crippen LogP contribution in [0, 0.1) is 6.92 Å². The van der Waals surface area contributed by atoms with Crippen LogP contribution in [0.2, 0.25) is 0 Å². The maximum Gasteiger partial charge on any atom is 0.161 e. The second-order valence-electron chi connectivity index (χ2n) is 3.18. The van der Waals surface area contributed by atoms with E-state index in [2.05, 4.69) is 0 Å². The smallest absolute Gasteiger partial charge is 0.161 e. The van der Waals surface area contributed by atoms with Gasteiger partial charge in [-0.15, -0.1) is 0 Å². The summed E-state index contributed by atoms with van der Waals surface area (Å²) >= 11 is 0. The molecule has 1 aliphatic heterocycles. The van der Waals surface area contributed by atoms with Crippen molar-refractivity contribution >= 4 is 0 Å². The molecule has 0 fully saturated rings. The van der Waals surface area contributed by atoms with E-state index in [9.17, 15) is 0 Å². The highest BCUT2D eigenvalue weighted by molar-refractivity contribution is 5.43. The van der Waals surface area contributed by atoms with Gasteiger partial charge in [0.25, 0.3) is 0 Å². The summed E-state index contributed by atoms with van der Waals surface area (Å²) in [7, 11) is 0. The molecule has 0 aromatic heterocycles. The number of aliphatic hydroxyl groups is 1. The van der Waals surface area contributed by atoms with Crippen molar-refractivity contribution < 1.29 is 14.6 Å². The number of aryl methyl sites for hydroxylation is 1. The molecule has 0 amide bonds. The van der Waals surface area contributed by atoms with Crippen LogP contribution in [0.25, 0.3) is 0 Å². The Morgan fingerprint density at radius 2 is 2.31 bits per heavy atom. The number of benzene rings is 1. The first-order valence-corrected chi connectivity index (χ1v) is 4.30. The van der Waals surface area contributed by atoms with Crippen LogP contribution in [0.5, 0.6) is 11.5 Å². The molecule has 1 aromatic carbocycles. The first kappa shape index (κ1) is 8.38. The quantitative estimate of drug-likeness (QED) is 0.704. The Balaban J connectivity index is 2.26. The lowest BCUT2D eigenvalue weighted by Gasteiger charge is -2.25. The summed E-state index contributed by atoms with van der Waals surface area (Å²) in [6, 6.07) is 5.76. The third-order valence-electron chi connectivity index (χ3n) is 2.02. The molecular weight excluding hydrogens is 168 g/mol. The monoisotopic (exact) mass is 180 g/mol. The van der Waals surface area contributed by atoms with Crippen LogP contribution < -0.4 is 9.47 Å². The number of hydrogen-bond acceptors (Lipinski definition) is 3. The minimum Gasteiger partial charge on any atom is -0.486 e. The molecule has 0 bridgehead atoms. The molecule has 1 atom stereocenters. The third kappa shape index (κ3) is 1.60. The molecule has 3 nitrogen and oxygen atoms in total. The molecule has 0 spiro atoms. The standard InChI is InChI=1S/C10H12O3/c1-7-2-3-9-10(4-7)12-6-8(5-11)13-9/h2-4,8,11H,5-6H2,1H3/t8-/m1/s1. The molecule has 1 N–H and O–H groups in total. The second-order valence-corrected chi connectivity index (χ2v) is 3.18. The molecule has 1 heterocycles. The van der Waals surface area contributed by atoms with Gasteiger partial charge in [-0.2, -0.15) is 0 Å². The van der Waals surface area contributed by atoms with Gasteiger partial charge in [-0.05, 0) is 24.6 Å². The third-order valence-corrected chi connectivity index (χ3v) is 2.02. The Morgan fingerprint density at radius 3 is 3.08 bits per heavy atom. The normalized spacial score (nSPS) is 20.0. The lowest BCUT2D eigenvalue weighted by molar-refractivity contribution is 0.0456. The lowest BCUT2D eigenvalue weighted by atomic mass is 10.2. The van der Waals surface area contributed by atoms with E-state index in [1.807, 2.05) is 25.1 Å². The molecule has 1 aromatic rings. The summed E-state index contributed by atoms with van der Waals surface area (Å²) in [4.78, 5) is 0. The summed E-state index contributed by atoms with van der Waals surface area (Å²) < 4.78 is 10.9. The lowest BCUT2D eigenvalue weighted by Crippen LogP contribution is -2.32. The van der Waals surface area contributed by atoms with Crippen LogP contribution in [-0.2, 0) is 0 Å². The van der Waals surface area contributed by atoms with E-state index < -0.39 is 0 Å². The zero-order valence-electron chi connectivity index (χ0n) is 7.49. The molecule has 0 unspecified atom stereocenters. The Morgan fingerprint density at radius 1 is 1.46 bits per heavy atom. The largest absolute Gasteiger partial charge is 0.486 e. The number of aliphatic hydroxyl groups excluding tert-OH is 1. The highest BCUT2D eigenvalue weighted by Gasteiger charge is 2.19. The zero-order valence-corrected chi connectivity index (χ0v) is 7.49. The van der Waals surface area contributed by atoms with Crippen molar-refractivity contribution in [2.45, 2.75) is 13.0 Å². The van der Waals surface area contributed by atoms with Gasteiger partial charge in [-0.25, -0.2) is 0 Å². The van der Waals surface area contributed by atoms with Gasteiger partial charge in [0.2, 0.25) is 0 Å². The molecule has 3 heteroatoms. The number of hydrogen-bond donors (Lipinski definition) is 1. The highest BCUT2D eigenvalue weighted by Crippen LogP contribution is 2.32. The van der Waals surface area contributed by atoms with Crippen LogP contribution in [0.1, 0.15) is 5.56 Å². The van der Waals surface area contributed by atoms with Crippen LogP contribution >= 0.6 is 0 Å². The summed E-state index contributed by atoms with van der Waals surface area (Å²) in [6.07, 6.45) is -0.227. The Bertz CT molecular complexity index is 309. The highest BCUT2D eigenvalue weighted by atomic mass is 16.6. The van der Waals surface area contributed by atoms with E-state index in [1.165, 1.54) is 0 Å². The second kappa shape index (κ2) is 3.26. The van der Waals surface area contributed by atoms with E-state index in [1.54, 1.807) is 0 Å². The van der Waals surface area contributed by atoms with Gasteiger partial charge >= 0.3 is 0 Å². The zero-order chi connectivity index (χ0) is 9.26. The van der Waals surface area contributed by atoms with E-state index in [4.69, 9.17) is 14.6 Å². The number of ether oxygens (including phenoxy) is 2. The number of fused-ring (bicyclic) bond motifs is 1. The van der Waals surface area contributed by atoms with Crippen LogP contribution in [0.3, 0.4) is 0 Å². The minimum atomic E-state index is -0.227. The van der Waals surface area contributed by atoms with Crippen molar-refractivity contribution in [3.05, 3.63) is 23.8 Å². The molecule has 0 saturated heterocycles. The fraction of sp³-hybridized carbons (Fsp3) is 0.400. The average Bonchev–Trinajstić information content (AvgIpc) is 2.17. The van der Waals surface area contributed by atoms with Crippen LogP contribution in [0.15, 0.2) is 18.2 Å². The van der Waals surface area contributed by atoms with Crippen molar-refractivity contribution in [1.29, 1.82) is 0 Å². The fourth-order valence-electron chi connectivity index (χ4n) is 1.31. The first-order valence-electron chi connectivity index (χ1n) is 4.30. The molecule has 13 heavy (non-hydrogen) atoms. The van der Waals surface area contributed by atoms with Crippen LogP contribution in [-0.4, -0.2) is 24.4 Å². The van der Waals surface area contributed by atoms with Crippen molar-refractivity contribution in [2.75, 3.05) is 13.2 Å². The average molecular weight is 180 g/mol. The fourth-order valence-corrected chi connectivity index (χ4v) is 1.31. The van der Waals surface area contributed by atoms with Crippen molar-refractivity contribution in [1.82, 2.24) is 0 Å². The van der Waals surface area contributed by atoms with Gasteiger partial charge in [0.05, 0.1) is 6.61 Å². The molecule has 0 radical (unpaired) electrons. The topological polar surface area (TPSA) is 38.7 Å². The van der Waals surface area contributed by atoms with Gasteiger partial charge in [0.1, 0.15) is 6.61 Å². The van der Waals surface area contributed by atoms with Gasteiger partial charge in [0, 0.05) is 0 Å². The summed E-state index contributed by atoms with van der Waals surface area (Å²) in [6.45, 7) is 2.42. The Labute approximate surface area is 76.9 Å². The van der Waals surface area contributed by atoms with Crippen molar-refractivity contribution in [2.24, 2.45) is 0 Å². The van der Waals surface area contributed by atoms with Gasteiger partial charge in [-0.3, -0.25) is 0 Å². The SMILES string of the molecule is Cc1ccc2c(c1)OC[C@@H](CO)O2. The van der Waals surface area contributed by atoms with E-state index in [0.29, 0.717) is 6.61 Å². The molecule has 0 aliphatic carbocycles. The van der Waals surface area contributed by atoms with Crippen molar-refractivity contribution in [3.63, 3.8) is 0 Å². The predicted octanol–water partition coefficient (Wildman–Crippen LogP) is 1.13. The molecule has 1 aliphatic rings. The predicted molar refractivity (Wildman–Crippen MR) is 48.2 cm³/mol. The van der Waals surface area contributed by atoms with Gasteiger partial charge in [0.15, 0.2) is 17.6 Å². The van der Waals surface area contributed by atoms with Crippen LogP contribution in [0.4, 0.5) is 0 Å². The molecular formula is C10H12O3. The van der Waals surface area contributed by atoms with Gasteiger partial charge < -0.3 is 14.6 Å². The van der Waals surface area contributed by atoms with E-state index >= 15 is 0 Å². The summed E-state index contributed by atoms with van der Waals surface area (Å²) in [5.41, 5.74) is 1.14. The summed E-state index contributed by atoms with van der Waals surface area (Å²) in [5, 5.41) is 8.87. The molecule has 0 saturated carbocycles. The van der Waals surface area contributed by atoms with E-state index in [-0.39, 0.29) is 12.7 Å². The van der Waals surface area contributed by atoms with E-state index in [0.717, 1.165) is 17.1 Å². The first-order chi connectivity index (χ1) is 6.29. The maximum absolute atomic E-state index is 8.87. The Hall–Kier alpha value is -1.22. The minimum absolute atomic E-state index is 0.00663. The molecule has 2 rings (SSSR count). The van der Waals surface area contributed by atoms with Gasteiger partial charge in [-0.1, -0.05) is 6.07 Å². The maximum atomic E-state index is 8.87. The van der Waals surface area contributed by atoms with Crippen molar-refractivity contribution in [3.8, 4) is 11.5 Å². The summed E-state index contributed by atoms with van der Waals surface area (Å²) in [5.74, 6) is 1.49. The molecule has 70 valence electrons. The Kier molecular flexibility index (Phi) is 2.10.